The molecule has 9 heteroatoms. The van der Waals surface area contributed by atoms with Gasteiger partial charge in [0.25, 0.3) is 0 Å². The second kappa shape index (κ2) is 13.7. The molecule has 0 saturated heterocycles. The van der Waals surface area contributed by atoms with Crippen molar-refractivity contribution in [3.05, 3.63) is 30.1 Å². The van der Waals surface area contributed by atoms with Gasteiger partial charge in [0.2, 0.25) is 0 Å². The van der Waals surface area contributed by atoms with E-state index in [1.54, 1.807) is 0 Å². The Kier molecular flexibility index (Phi) is 10.7. The first kappa shape index (κ1) is 27.3. The summed E-state index contributed by atoms with van der Waals surface area (Å²) in [5.74, 6) is 1.22. The molecule has 3 rings (SSSR count). The highest BCUT2D eigenvalue weighted by atomic mass is 16.6. The second-order valence-electron chi connectivity index (χ2n) is 8.91. The predicted octanol–water partition coefficient (Wildman–Crippen LogP) is 3.96. The molecule has 2 aromatic heterocycles. The molecule has 1 aromatic carbocycles. The normalized spacial score (nSPS) is 12.2. The molecule has 194 valence electrons. The quantitative estimate of drug-likeness (QED) is 0.285. The van der Waals surface area contributed by atoms with Gasteiger partial charge in [0.15, 0.2) is 5.82 Å². The minimum Gasteiger partial charge on any atom is -0.382 e. The van der Waals surface area contributed by atoms with Crippen LogP contribution in [0, 0.1) is 0 Å². The molecule has 35 heavy (non-hydrogen) atoms. The third-order valence-corrected chi connectivity index (χ3v) is 5.48. The SMILES string of the molecule is CCCOCCOCCOCCOC(C)(C)Cn1c(COCC)nc2c(N)nc3ccccc3c21. The third kappa shape index (κ3) is 7.85. The highest BCUT2D eigenvalue weighted by Gasteiger charge is 2.25. The maximum atomic E-state index is 6.28. The van der Waals surface area contributed by atoms with E-state index >= 15 is 0 Å². The lowest BCUT2D eigenvalue weighted by atomic mass is 10.1. The monoisotopic (exact) mass is 488 g/mol. The van der Waals surface area contributed by atoms with Crippen molar-refractivity contribution in [2.45, 2.75) is 52.9 Å². The van der Waals surface area contributed by atoms with E-state index in [2.05, 4.69) is 30.3 Å². The summed E-state index contributed by atoms with van der Waals surface area (Å²) in [6.45, 7) is 13.8. The van der Waals surface area contributed by atoms with Crippen LogP contribution in [0.4, 0.5) is 5.82 Å². The standard InChI is InChI=1S/C26H40N4O5/c1-5-11-32-12-13-33-14-15-34-16-17-35-26(3,4)19-30-22(18-31-6-2)29-23-24(30)20-9-7-8-10-21(20)28-25(23)27/h7-10H,5-6,11-19H2,1-4H3,(H2,27,28). The summed E-state index contributed by atoms with van der Waals surface area (Å²) in [5, 5.41) is 1.01. The zero-order valence-corrected chi connectivity index (χ0v) is 21.5. The molecule has 2 N–H and O–H groups in total. The number of nitrogen functional groups attached to an aromatic ring is 1. The number of anilines is 1. The fraction of sp³-hybridized carbons (Fsp3) is 0.615. The Bertz CT molecular complexity index is 1050. The first-order chi connectivity index (χ1) is 17.0. The number of rotatable bonds is 17. The van der Waals surface area contributed by atoms with Gasteiger partial charge in [0, 0.05) is 18.6 Å². The number of pyridine rings is 1. The molecule has 0 radical (unpaired) electrons. The average Bonchev–Trinajstić information content (AvgIpc) is 3.19. The molecule has 0 atom stereocenters. The van der Waals surface area contributed by atoms with Crippen LogP contribution in [-0.2, 0) is 36.8 Å². The van der Waals surface area contributed by atoms with Crippen LogP contribution in [0.3, 0.4) is 0 Å². The van der Waals surface area contributed by atoms with Gasteiger partial charge in [0.1, 0.15) is 17.9 Å². The van der Waals surface area contributed by atoms with Crippen molar-refractivity contribution < 1.29 is 23.7 Å². The smallest absolute Gasteiger partial charge is 0.152 e. The first-order valence-electron chi connectivity index (χ1n) is 12.4. The van der Waals surface area contributed by atoms with Crippen molar-refractivity contribution in [1.29, 1.82) is 0 Å². The minimum atomic E-state index is -0.468. The average molecular weight is 489 g/mol. The largest absolute Gasteiger partial charge is 0.382 e. The lowest BCUT2D eigenvalue weighted by molar-refractivity contribution is -0.0615. The Morgan fingerprint density at radius 1 is 0.857 bits per heavy atom. The van der Waals surface area contributed by atoms with Crippen molar-refractivity contribution in [2.24, 2.45) is 0 Å². The van der Waals surface area contributed by atoms with E-state index in [0.717, 1.165) is 35.3 Å². The predicted molar refractivity (Wildman–Crippen MR) is 138 cm³/mol. The fourth-order valence-corrected chi connectivity index (χ4v) is 3.87. The van der Waals surface area contributed by atoms with Crippen LogP contribution in [0.15, 0.2) is 24.3 Å². The molecule has 0 aliphatic carbocycles. The number of aromatic nitrogens is 3. The highest BCUT2D eigenvalue weighted by molar-refractivity contribution is 6.06. The van der Waals surface area contributed by atoms with Crippen LogP contribution in [0.5, 0.6) is 0 Å². The van der Waals surface area contributed by atoms with Crippen molar-refractivity contribution in [1.82, 2.24) is 14.5 Å². The van der Waals surface area contributed by atoms with E-state index < -0.39 is 5.60 Å². The fourth-order valence-electron chi connectivity index (χ4n) is 3.87. The molecule has 0 bridgehead atoms. The molecular weight excluding hydrogens is 448 g/mol. The lowest BCUT2D eigenvalue weighted by Crippen LogP contribution is -2.32. The summed E-state index contributed by atoms with van der Waals surface area (Å²) < 4.78 is 30.6. The molecule has 2 heterocycles. The summed E-state index contributed by atoms with van der Waals surface area (Å²) in [5.41, 5.74) is 8.30. The molecular formula is C26H40N4O5. The Morgan fingerprint density at radius 2 is 1.51 bits per heavy atom. The lowest BCUT2D eigenvalue weighted by Gasteiger charge is -2.27. The van der Waals surface area contributed by atoms with Gasteiger partial charge in [-0.05, 0) is 33.3 Å². The minimum absolute atomic E-state index is 0.390. The molecule has 0 unspecified atom stereocenters. The summed E-state index contributed by atoms with van der Waals surface area (Å²) in [7, 11) is 0. The topological polar surface area (TPSA) is 103 Å². The molecule has 0 saturated carbocycles. The number of imidazole rings is 1. The number of nitrogens with two attached hydrogens (primary N) is 1. The van der Waals surface area contributed by atoms with E-state index in [9.17, 15) is 0 Å². The van der Waals surface area contributed by atoms with Gasteiger partial charge in [-0.1, -0.05) is 25.1 Å². The summed E-state index contributed by atoms with van der Waals surface area (Å²) in [6.07, 6.45) is 1.02. The molecule has 3 aromatic rings. The van der Waals surface area contributed by atoms with Gasteiger partial charge in [-0.2, -0.15) is 0 Å². The maximum Gasteiger partial charge on any atom is 0.152 e. The number of hydrogen-bond donors (Lipinski definition) is 1. The van der Waals surface area contributed by atoms with E-state index in [1.807, 2.05) is 31.2 Å². The van der Waals surface area contributed by atoms with Crippen LogP contribution < -0.4 is 5.73 Å². The molecule has 0 fully saturated rings. The van der Waals surface area contributed by atoms with Gasteiger partial charge >= 0.3 is 0 Å². The Balaban J connectivity index is 1.60. The number of para-hydroxylation sites is 1. The van der Waals surface area contributed by atoms with Crippen LogP contribution in [0.1, 0.15) is 39.9 Å². The Morgan fingerprint density at radius 3 is 2.20 bits per heavy atom. The van der Waals surface area contributed by atoms with Gasteiger partial charge < -0.3 is 34.0 Å². The zero-order chi connectivity index (χ0) is 25.1. The second-order valence-corrected chi connectivity index (χ2v) is 8.91. The van der Waals surface area contributed by atoms with Crippen molar-refractivity contribution in [3.8, 4) is 0 Å². The maximum absolute atomic E-state index is 6.28. The molecule has 0 amide bonds. The van der Waals surface area contributed by atoms with E-state index in [-0.39, 0.29) is 0 Å². The molecule has 9 nitrogen and oxygen atoms in total. The van der Waals surface area contributed by atoms with Gasteiger partial charge in [0.05, 0.1) is 62.8 Å². The summed E-state index contributed by atoms with van der Waals surface area (Å²) >= 11 is 0. The summed E-state index contributed by atoms with van der Waals surface area (Å²) in [4.78, 5) is 9.33. The van der Waals surface area contributed by atoms with Crippen LogP contribution in [-0.4, -0.2) is 73.0 Å². The highest BCUT2D eigenvalue weighted by Crippen LogP contribution is 2.30. The molecule has 0 aliphatic rings. The van der Waals surface area contributed by atoms with Gasteiger partial charge in [-0.25, -0.2) is 9.97 Å². The molecule has 0 spiro atoms. The number of ether oxygens (including phenoxy) is 5. The number of hydrogen-bond acceptors (Lipinski definition) is 8. The number of nitrogens with zero attached hydrogens (tertiary/aromatic N) is 3. The van der Waals surface area contributed by atoms with Crippen molar-refractivity contribution in [3.63, 3.8) is 0 Å². The van der Waals surface area contributed by atoms with Crippen LogP contribution in [0.25, 0.3) is 21.9 Å². The van der Waals surface area contributed by atoms with Crippen molar-refractivity contribution >= 4 is 27.8 Å². The zero-order valence-electron chi connectivity index (χ0n) is 21.5. The third-order valence-electron chi connectivity index (χ3n) is 5.48. The van der Waals surface area contributed by atoms with Crippen LogP contribution >= 0.6 is 0 Å². The number of fused-ring (bicyclic) bond motifs is 3. The van der Waals surface area contributed by atoms with Gasteiger partial charge in [-0.3, -0.25) is 0 Å². The Labute approximate surface area is 207 Å². The van der Waals surface area contributed by atoms with Gasteiger partial charge in [-0.15, -0.1) is 0 Å². The Hall–Kier alpha value is -2.30. The first-order valence-corrected chi connectivity index (χ1v) is 12.4. The molecule has 0 aliphatic heterocycles. The van der Waals surface area contributed by atoms with Crippen LogP contribution in [0.2, 0.25) is 0 Å². The van der Waals surface area contributed by atoms with E-state index in [0.29, 0.717) is 70.7 Å². The van der Waals surface area contributed by atoms with E-state index in [1.165, 1.54) is 0 Å². The van der Waals surface area contributed by atoms with Crippen molar-refractivity contribution in [2.75, 3.05) is 58.6 Å². The van der Waals surface area contributed by atoms with E-state index in [4.69, 9.17) is 34.4 Å². The number of benzene rings is 1. The summed E-state index contributed by atoms with van der Waals surface area (Å²) in [6, 6.07) is 7.97.